The highest BCUT2D eigenvalue weighted by Gasteiger charge is 2.32. The molecule has 0 bridgehead atoms. The second kappa shape index (κ2) is 9.80. The van der Waals surface area contributed by atoms with E-state index in [4.69, 9.17) is 44.0 Å². The molecular weight excluding hydrogens is 537 g/mol. The number of benzene rings is 2. The van der Waals surface area contributed by atoms with Crippen LogP contribution in [0.4, 0.5) is 5.69 Å². The van der Waals surface area contributed by atoms with E-state index in [0.717, 1.165) is 5.69 Å². The van der Waals surface area contributed by atoms with Crippen LogP contribution in [0.3, 0.4) is 0 Å². The molecule has 0 spiro atoms. The third-order valence-corrected chi connectivity index (χ3v) is 9.51. The molecule has 2 saturated heterocycles. The first kappa shape index (κ1) is 24.7. The van der Waals surface area contributed by atoms with Gasteiger partial charge in [0.1, 0.15) is 10.5 Å². The lowest BCUT2D eigenvalue weighted by Crippen LogP contribution is -2.48. The summed E-state index contributed by atoms with van der Waals surface area (Å²) >= 11 is 18.9. The summed E-state index contributed by atoms with van der Waals surface area (Å²) in [6.45, 7) is 3.41. The Morgan fingerprint density at radius 1 is 0.886 bits per heavy atom. The zero-order valence-electron chi connectivity index (χ0n) is 18.5. The summed E-state index contributed by atoms with van der Waals surface area (Å²) in [6.07, 6.45) is 0. The molecule has 0 radical (unpaired) electrons. The number of rotatable bonds is 4. The largest absolute Gasteiger partial charge is 0.451 e. The molecule has 5 rings (SSSR count). The number of carbonyl (C=O) groups excluding carboxylic acids is 1. The Balaban J connectivity index is 1.34. The second-order valence-electron chi connectivity index (χ2n) is 8.27. The quantitative estimate of drug-likeness (QED) is 0.473. The number of hydrogen-bond donors (Lipinski definition) is 0. The molecule has 0 aliphatic carbocycles. The number of fused-ring (bicyclic) bond motifs is 1. The number of hydrogen-bond acceptors (Lipinski definition) is 6. The Morgan fingerprint density at radius 3 is 2.31 bits per heavy atom. The molecule has 2 aliphatic rings. The highest BCUT2D eigenvalue weighted by atomic mass is 35.5. The van der Waals surface area contributed by atoms with Gasteiger partial charge in [-0.15, -0.1) is 0 Å². The van der Waals surface area contributed by atoms with Gasteiger partial charge in [-0.2, -0.15) is 4.31 Å². The number of carbonyl (C=O) groups is 1. The Labute approximate surface area is 217 Å². The number of anilines is 1. The van der Waals surface area contributed by atoms with Crippen molar-refractivity contribution in [1.82, 2.24) is 9.21 Å². The fraction of sp³-hybridized carbons (Fsp3) is 0.348. The number of morpholine rings is 1. The summed E-state index contributed by atoms with van der Waals surface area (Å²) in [5.41, 5.74) is 1.27. The summed E-state index contributed by atoms with van der Waals surface area (Å²) in [7, 11) is -3.79. The zero-order valence-corrected chi connectivity index (χ0v) is 21.6. The second-order valence-corrected chi connectivity index (χ2v) is 11.3. The van der Waals surface area contributed by atoms with Crippen LogP contribution in [0.1, 0.15) is 10.6 Å². The Hall–Kier alpha value is -2.01. The summed E-state index contributed by atoms with van der Waals surface area (Å²) in [5, 5.41) is 1.31. The molecule has 35 heavy (non-hydrogen) atoms. The van der Waals surface area contributed by atoms with Crippen LogP contribution >= 0.6 is 34.8 Å². The minimum absolute atomic E-state index is 0.00423. The van der Waals surface area contributed by atoms with Gasteiger partial charge >= 0.3 is 0 Å². The first-order valence-corrected chi connectivity index (χ1v) is 13.6. The van der Waals surface area contributed by atoms with Crippen LogP contribution in [-0.4, -0.2) is 76.0 Å². The van der Waals surface area contributed by atoms with Gasteiger partial charge < -0.3 is 19.0 Å². The van der Waals surface area contributed by atoms with Gasteiger partial charge in [-0.25, -0.2) is 8.42 Å². The molecule has 1 amide bonds. The van der Waals surface area contributed by atoms with Gasteiger partial charge in [-0.3, -0.25) is 4.79 Å². The molecule has 0 saturated carbocycles. The predicted molar refractivity (Wildman–Crippen MR) is 135 cm³/mol. The molecule has 186 valence electrons. The first-order chi connectivity index (χ1) is 16.8. The summed E-state index contributed by atoms with van der Waals surface area (Å²) in [6, 6.07) is 9.84. The van der Waals surface area contributed by atoms with Crippen molar-refractivity contribution in [2.24, 2.45) is 0 Å². The van der Waals surface area contributed by atoms with Crippen LogP contribution in [-0.2, 0) is 14.8 Å². The van der Waals surface area contributed by atoms with Gasteiger partial charge in [0, 0.05) is 44.7 Å². The molecule has 3 aromatic rings. The molecule has 3 heterocycles. The smallest absolute Gasteiger partial charge is 0.289 e. The fourth-order valence-electron chi connectivity index (χ4n) is 4.33. The minimum Gasteiger partial charge on any atom is -0.451 e. The molecule has 2 aliphatic heterocycles. The van der Waals surface area contributed by atoms with Crippen LogP contribution in [0, 0.1) is 0 Å². The van der Waals surface area contributed by atoms with Crippen LogP contribution in [0.25, 0.3) is 11.0 Å². The van der Waals surface area contributed by atoms with Crippen LogP contribution < -0.4 is 4.90 Å². The van der Waals surface area contributed by atoms with Crippen molar-refractivity contribution in [3.63, 3.8) is 0 Å². The highest BCUT2D eigenvalue weighted by Crippen LogP contribution is 2.37. The SMILES string of the molecule is O=C(c1cc2c(Cl)c(N3CCN(S(=O)(=O)c4cccc(Cl)c4Cl)CC3)ccc2o1)N1CCOCC1. The first-order valence-electron chi connectivity index (χ1n) is 11.1. The van der Waals surface area contributed by atoms with E-state index < -0.39 is 10.0 Å². The maximum Gasteiger partial charge on any atom is 0.289 e. The number of piperazine rings is 1. The molecule has 2 fully saturated rings. The average molecular weight is 559 g/mol. The van der Waals surface area contributed by atoms with E-state index in [0.29, 0.717) is 55.4 Å². The summed E-state index contributed by atoms with van der Waals surface area (Å²) in [5.74, 6) is 0.0378. The van der Waals surface area contributed by atoms with Gasteiger partial charge in [-0.1, -0.05) is 40.9 Å². The lowest BCUT2D eigenvalue weighted by Gasteiger charge is -2.36. The van der Waals surface area contributed by atoms with Crippen molar-refractivity contribution in [2.75, 3.05) is 57.4 Å². The maximum atomic E-state index is 13.1. The fourth-order valence-corrected chi connectivity index (χ4v) is 6.82. The Bertz CT molecular complexity index is 1380. The van der Waals surface area contributed by atoms with Crippen molar-refractivity contribution in [3.8, 4) is 0 Å². The third kappa shape index (κ3) is 4.61. The number of ether oxygens (including phenoxy) is 1. The van der Waals surface area contributed by atoms with Crippen LogP contribution in [0.2, 0.25) is 15.1 Å². The predicted octanol–water partition coefficient (Wildman–Crippen LogP) is 4.38. The van der Waals surface area contributed by atoms with Gasteiger partial charge in [0.05, 0.1) is 34.0 Å². The number of amides is 1. The van der Waals surface area contributed by atoms with Crippen molar-refractivity contribution < 1.29 is 22.4 Å². The third-order valence-electron chi connectivity index (χ3n) is 6.24. The topological polar surface area (TPSA) is 83.3 Å². The molecule has 1 aromatic heterocycles. The van der Waals surface area contributed by atoms with Gasteiger partial charge in [0.2, 0.25) is 10.0 Å². The monoisotopic (exact) mass is 557 g/mol. The van der Waals surface area contributed by atoms with Gasteiger partial charge in [0.15, 0.2) is 5.76 Å². The van der Waals surface area contributed by atoms with Gasteiger partial charge in [0.25, 0.3) is 5.91 Å². The molecule has 2 aromatic carbocycles. The molecule has 8 nitrogen and oxygen atoms in total. The average Bonchev–Trinajstić information content (AvgIpc) is 3.31. The van der Waals surface area contributed by atoms with E-state index >= 15 is 0 Å². The molecule has 0 atom stereocenters. The lowest BCUT2D eigenvalue weighted by atomic mass is 10.2. The lowest BCUT2D eigenvalue weighted by molar-refractivity contribution is 0.0284. The van der Waals surface area contributed by atoms with E-state index in [1.165, 1.54) is 10.4 Å². The van der Waals surface area contributed by atoms with Crippen molar-refractivity contribution in [3.05, 3.63) is 57.2 Å². The number of sulfonamides is 1. The number of furan rings is 1. The van der Waals surface area contributed by atoms with Gasteiger partial charge in [-0.05, 0) is 30.3 Å². The minimum atomic E-state index is -3.79. The normalized spacial score (nSPS) is 17.8. The zero-order chi connectivity index (χ0) is 24.7. The van der Waals surface area contributed by atoms with E-state index in [-0.39, 0.29) is 39.7 Å². The van der Waals surface area contributed by atoms with Crippen LogP contribution in [0.5, 0.6) is 0 Å². The standard InChI is InChI=1S/C23H22Cl3N3O5S/c24-16-2-1-3-20(22(16)26)35(31,32)29-8-6-27(7-9-29)17-4-5-18-15(21(17)25)14-19(34-18)23(30)28-10-12-33-13-11-28/h1-5,14H,6-13H2. The van der Waals surface area contributed by atoms with E-state index in [1.807, 2.05) is 11.0 Å². The Kier molecular flexibility index (Phi) is 6.91. The van der Waals surface area contributed by atoms with Crippen molar-refractivity contribution >= 4 is 67.4 Å². The van der Waals surface area contributed by atoms with Crippen molar-refractivity contribution in [1.29, 1.82) is 0 Å². The van der Waals surface area contributed by atoms with Crippen molar-refractivity contribution in [2.45, 2.75) is 4.90 Å². The maximum absolute atomic E-state index is 13.1. The van der Waals surface area contributed by atoms with E-state index in [2.05, 4.69) is 0 Å². The molecular formula is C23H22Cl3N3O5S. The number of nitrogens with zero attached hydrogens (tertiary/aromatic N) is 3. The summed E-state index contributed by atoms with van der Waals surface area (Å²) < 4.78 is 38.7. The van der Waals surface area contributed by atoms with E-state index in [1.54, 1.807) is 29.2 Å². The highest BCUT2D eigenvalue weighted by molar-refractivity contribution is 7.89. The Morgan fingerprint density at radius 2 is 1.60 bits per heavy atom. The molecule has 0 N–H and O–H groups in total. The van der Waals surface area contributed by atoms with E-state index in [9.17, 15) is 13.2 Å². The summed E-state index contributed by atoms with van der Waals surface area (Å²) in [4.78, 5) is 16.5. The number of halogens is 3. The molecule has 0 unspecified atom stereocenters. The molecule has 12 heteroatoms. The van der Waals surface area contributed by atoms with Crippen LogP contribution in [0.15, 0.2) is 45.7 Å².